The highest BCUT2D eigenvalue weighted by Crippen LogP contribution is 2.67. The molecule has 3 fully saturated rings. The molecule has 0 radical (unpaired) electrons. The lowest BCUT2D eigenvalue weighted by Gasteiger charge is -2.56. The number of carbonyl (C=O) groups is 2. The summed E-state index contributed by atoms with van der Waals surface area (Å²) in [5, 5.41) is 0. The Hall–Kier alpha value is -2.54. The summed E-state index contributed by atoms with van der Waals surface area (Å²) in [6, 6.07) is 9.32. The first-order valence-corrected chi connectivity index (χ1v) is 12.6. The lowest BCUT2D eigenvalue weighted by atomic mass is 9.49. The first kappa shape index (κ1) is 22.3. The number of fused-ring (bicyclic) bond motifs is 5. The number of hydrogen-bond acceptors (Lipinski definition) is 4. The molecule has 33 heavy (non-hydrogen) atoms. The number of esters is 1. The van der Waals surface area contributed by atoms with Gasteiger partial charge in [0.25, 0.3) is 0 Å². The molecule has 1 aromatic carbocycles. The highest BCUT2D eigenvalue weighted by molar-refractivity contribution is 5.91. The average Bonchev–Trinajstić information content (AvgIpc) is 3.17. The SMILES string of the molecule is C#CC1(OC(=O)COc2ccccc2)CCC2C3CCC4=CC(=O)CCC4C3CCC21CC. The summed E-state index contributed by atoms with van der Waals surface area (Å²) in [6.07, 6.45) is 16.7. The highest BCUT2D eigenvalue weighted by Gasteiger charge is 2.65. The second-order valence-electron chi connectivity index (χ2n) is 10.4. The van der Waals surface area contributed by atoms with E-state index in [0.717, 1.165) is 51.4 Å². The van der Waals surface area contributed by atoms with Crippen LogP contribution in [0.15, 0.2) is 42.0 Å². The molecule has 6 unspecified atom stereocenters. The molecule has 6 atom stereocenters. The molecule has 4 aliphatic rings. The van der Waals surface area contributed by atoms with Crippen LogP contribution in [0.25, 0.3) is 0 Å². The van der Waals surface area contributed by atoms with E-state index >= 15 is 0 Å². The number of ketones is 1. The van der Waals surface area contributed by atoms with Crippen molar-refractivity contribution in [1.82, 2.24) is 0 Å². The predicted molar refractivity (Wildman–Crippen MR) is 126 cm³/mol. The van der Waals surface area contributed by atoms with Crippen LogP contribution in [0, 0.1) is 41.4 Å². The van der Waals surface area contributed by atoms with E-state index in [1.54, 1.807) is 0 Å². The van der Waals surface area contributed by atoms with Crippen LogP contribution in [0.5, 0.6) is 5.75 Å². The summed E-state index contributed by atoms with van der Waals surface area (Å²) in [6.45, 7) is 2.08. The van der Waals surface area contributed by atoms with Crippen molar-refractivity contribution in [2.75, 3.05) is 6.61 Å². The summed E-state index contributed by atoms with van der Waals surface area (Å²) < 4.78 is 11.8. The van der Waals surface area contributed by atoms with Crippen molar-refractivity contribution in [1.29, 1.82) is 0 Å². The van der Waals surface area contributed by atoms with E-state index in [4.69, 9.17) is 15.9 Å². The van der Waals surface area contributed by atoms with Gasteiger partial charge in [-0.05, 0) is 93.2 Å². The number of carbonyl (C=O) groups excluding carboxylic acids is 2. The minimum absolute atomic E-state index is 0.131. The number of ether oxygens (including phenoxy) is 2. The van der Waals surface area contributed by atoms with E-state index in [9.17, 15) is 9.59 Å². The maximum atomic E-state index is 12.9. The zero-order valence-electron chi connectivity index (χ0n) is 19.6. The maximum absolute atomic E-state index is 12.9. The molecule has 0 aliphatic heterocycles. The van der Waals surface area contributed by atoms with E-state index < -0.39 is 5.60 Å². The van der Waals surface area contributed by atoms with Crippen molar-refractivity contribution in [2.45, 2.75) is 70.3 Å². The third-order valence-electron chi connectivity index (χ3n) is 9.37. The monoisotopic (exact) mass is 446 g/mol. The first-order valence-electron chi connectivity index (χ1n) is 12.6. The molecule has 4 heteroatoms. The Kier molecular flexibility index (Phi) is 5.85. The molecule has 0 aromatic heterocycles. The largest absolute Gasteiger partial charge is 0.482 e. The fourth-order valence-electron chi connectivity index (χ4n) is 8.00. The topological polar surface area (TPSA) is 52.6 Å². The van der Waals surface area contributed by atoms with Gasteiger partial charge < -0.3 is 9.47 Å². The molecule has 0 amide bonds. The molecule has 1 aromatic rings. The number of para-hydroxylation sites is 1. The Morgan fingerprint density at radius 1 is 1.09 bits per heavy atom. The normalized spacial score (nSPS) is 37.1. The fourth-order valence-corrected chi connectivity index (χ4v) is 8.00. The second kappa shape index (κ2) is 8.67. The van der Waals surface area contributed by atoms with Crippen LogP contribution in [0.3, 0.4) is 0 Å². The summed E-state index contributed by atoms with van der Waals surface area (Å²) >= 11 is 0. The predicted octanol–water partition coefficient (Wildman–Crippen LogP) is 5.51. The second-order valence-corrected chi connectivity index (χ2v) is 10.4. The number of benzene rings is 1. The molecule has 3 saturated carbocycles. The third kappa shape index (κ3) is 3.61. The summed E-state index contributed by atoms with van der Waals surface area (Å²) in [4.78, 5) is 24.9. The maximum Gasteiger partial charge on any atom is 0.345 e. The van der Waals surface area contributed by atoms with Gasteiger partial charge in [-0.25, -0.2) is 4.79 Å². The van der Waals surface area contributed by atoms with Gasteiger partial charge in [0.15, 0.2) is 18.0 Å². The number of terminal acetylenes is 1. The number of rotatable bonds is 5. The molecule has 0 heterocycles. The molecule has 5 rings (SSSR count). The van der Waals surface area contributed by atoms with Crippen LogP contribution in [-0.2, 0) is 14.3 Å². The Morgan fingerprint density at radius 2 is 1.91 bits per heavy atom. The van der Waals surface area contributed by atoms with Crippen molar-refractivity contribution >= 4 is 11.8 Å². The Labute approximate surface area is 197 Å². The third-order valence-corrected chi connectivity index (χ3v) is 9.37. The van der Waals surface area contributed by atoms with Crippen LogP contribution >= 0.6 is 0 Å². The van der Waals surface area contributed by atoms with Gasteiger partial charge in [0.2, 0.25) is 0 Å². The minimum Gasteiger partial charge on any atom is -0.482 e. The molecule has 0 bridgehead atoms. The first-order chi connectivity index (χ1) is 16.0. The van der Waals surface area contributed by atoms with E-state index in [1.165, 1.54) is 5.57 Å². The van der Waals surface area contributed by atoms with Gasteiger partial charge in [0.05, 0.1) is 0 Å². The molecular weight excluding hydrogens is 412 g/mol. The van der Waals surface area contributed by atoms with Crippen molar-refractivity contribution in [2.24, 2.45) is 29.1 Å². The summed E-state index contributed by atoms with van der Waals surface area (Å²) in [7, 11) is 0. The van der Waals surface area contributed by atoms with Gasteiger partial charge in [0, 0.05) is 11.8 Å². The Bertz CT molecular complexity index is 989. The van der Waals surface area contributed by atoms with Gasteiger partial charge in [-0.3, -0.25) is 4.79 Å². The number of allylic oxidation sites excluding steroid dienone is 1. The van der Waals surface area contributed by atoms with Crippen LogP contribution in [0.4, 0.5) is 0 Å². The molecule has 0 N–H and O–H groups in total. The summed E-state index contributed by atoms with van der Waals surface area (Å²) in [5.41, 5.74) is 0.367. The quantitative estimate of drug-likeness (QED) is 0.442. The van der Waals surface area contributed by atoms with Crippen molar-refractivity contribution in [3.63, 3.8) is 0 Å². The van der Waals surface area contributed by atoms with Gasteiger partial charge in [-0.15, -0.1) is 6.42 Å². The molecular formula is C29H34O4. The number of hydrogen-bond donors (Lipinski definition) is 0. The standard InChI is InChI=1S/C29H34O4/c1-3-28-16-14-24-23-13-11-21(30)18-20(23)10-12-25(24)26(28)15-17-29(28,4-2)33-27(31)19-32-22-8-6-5-7-9-22/h2,5-9,18,23-26H,3,10-17,19H2,1H3. The van der Waals surface area contributed by atoms with Crippen molar-refractivity contribution in [3.05, 3.63) is 42.0 Å². The Balaban J connectivity index is 1.35. The van der Waals surface area contributed by atoms with Crippen molar-refractivity contribution in [3.8, 4) is 18.1 Å². The van der Waals surface area contributed by atoms with Crippen molar-refractivity contribution < 1.29 is 19.1 Å². The van der Waals surface area contributed by atoms with Crippen LogP contribution < -0.4 is 4.74 Å². The zero-order valence-corrected chi connectivity index (χ0v) is 19.6. The Morgan fingerprint density at radius 3 is 2.67 bits per heavy atom. The van der Waals surface area contributed by atoms with E-state index in [0.29, 0.717) is 41.6 Å². The smallest absolute Gasteiger partial charge is 0.345 e. The van der Waals surface area contributed by atoms with Gasteiger partial charge >= 0.3 is 5.97 Å². The fraction of sp³-hybridized carbons (Fsp3) is 0.586. The molecule has 4 nitrogen and oxygen atoms in total. The van der Waals surface area contributed by atoms with Crippen LogP contribution in [-0.4, -0.2) is 24.0 Å². The average molecular weight is 447 g/mol. The minimum atomic E-state index is -0.854. The van der Waals surface area contributed by atoms with Crippen LogP contribution in [0.1, 0.15) is 64.7 Å². The van der Waals surface area contributed by atoms with Gasteiger partial charge in [-0.2, -0.15) is 0 Å². The molecule has 4 aliphatic carbocycles. The van der Waals surface area contributed by atoms with Gasteiger partial charge in [-0.1, -0.05) is 36.6 Å². The highest BCUT2D eigenvalue weighted by atomic mass is 16.6. The molecule has 174 valence electrons. The lowest BCUT2D eigenvalue weighted by molar-refractivity contribution is -0.175. The van der Waals surface area contributed by atoms with E-state index in [2.05, 4.69) is 12.8 Å². The summed E-state index contributed by atoms with van der Waals surface area (Å²) in [5.74, 6) is 5.83. The molecule has 0 spiro atoms. The molecule has 0 saturated heterocycles. The van der Waals surface area contributed by atoms with E-state index in [-0.39, 0.29) is 18.0 Å². The van der Waals surface area contributed by atoms with Gasteiger partial charge in [0.1, 0.15) is 5.75 Å². The van der Waals surface area contributed by atoms with E-state index in [1.807, 2.05) is 36.4 Å². The lowest BCUT2D eigenvalue weighted by Crippen LogP contribution is -2.55. The zero-order chi connectivity index (χ0) is 23.1. The van der Waals surface area contributed by atoms with Crippen LogP contribution in [0.2, 0.25) is 0 Å².